The van der Waals surface area contributed by atoms with Gasteiger partial charge in [0.05, 0.1) is 18.1 Å². The first-order valence-electron chi connectivity index (χ1n) is 7.24. The molecule has 2 fully saturated rings. The van der Waals surface area contributed by atoms with Crippen LogP contribution in [0, 0.1) is 5.92 Å². The van der Waals surface area contributed by atoms with E-state index in [1.165, 1.54) is 4.90 Å². The highest BCUT2D eigenvalue weighted by Crippen LogP contribution is 2.29. The number of carboxylic acids is 1. The summed E-state index contributed by atoms with van der Waals surface area (Å²) in [7, 11) is 0. The SMILES string of the molecule is CC1CC(C(=O)N(CC(=O)O)C2CCOCC2)C(C)O1. The normalized spacial score (nSPS) is 31.2. The van der Waals surface area contributed by atoms with Gasteiger partial charge >= 0.3 is 5.97 Å². The molecule has 0 saturated carbocycles. The van der Waals surface area contributed by atoms with Crippen LogP contribution in [-0.2, 0) is 19.1 Å². The molecule has 0 aromatic rings. The van der Waals surface area contributed by atoms with Crippen LogP contribution in [0.3, 0.4) is 0 Å². The lowest BCUT2D eigenvalue weighted by Gasteiger charge is -2.35. The fourth-order valence-electron chi connectivity index (χ4n) is 3.11. The number of hydrogen-bond donors (Lipinski definition) is 1. The topological polar surface area (TPSA) is 76.1 Å². The van der Waals surface area contributed by atoms with Gasteiger partial charge in [0.15, 0.2) is 0 Å². The highest BCUT2D eigenvalue weighted by molar-refractivity contribution is 5.84. The van der Waals surface area contributed by atoms with Crippen molar-refractivity contribution in [1.82, 2.24) is 4.90 Å². The van der Waals surface area contributed by atoms with Crippen molar-refractivity contribution in [3.8, 4) is 0 Å². The molecular formula is C14H23NO5. The van der Waals surface area contributed by atoms with Crippen molar-refractivity contribution in [2.75, 3.05) is 19.8 Å². The van der Waals surface area contributed by atoms with Gasteiger partial charge < -0.3 is 19.5 Å². The van der Waals surface area contributed by atoms with Gasteiger partial charge in [0, 0.05) is 19.3 Å². The Morgan fingerprint density at radius 3 is 2.40 bits per heavy atom. The molecule has 0 aromatic heterocycles. The first-order valence-corrected chi connectivity index (χ1v) is 7.24. The lowest BCUT2D eigenvalue weighted by molar-refractivity contribution is -0.150. The average molecular weight is 285 g/mol. The van der Waals surface area contributed by atoms with Crippen molar-refractivity contribution in [3.63, 3.8) is 0 Å². The number of carbonyl (C=O) groups excluding carboxylic acids is 1. The third kappa shape index (κ3) is 3.49. The minimum Gasteiger partial charge on any atom is -0.480 e. The van der Waals surface area contributed by atoms with E-state index in [0.29, 0.717) is 32.5 Å². The van der Waals surface area contributed by atoms with Crippen molar-refractivity contribution in [1.29, 1.82) is 0 Å². The van der Waals surface area contributed by atoms with Gasteiger partial charge in [-0.2, -0.15) is 0 Å². The third-order valence-corrected chi connectivity index (χ3v) is 4.14. The fraction of sp³-hybridized carbons (Fsp3) is 0.857. The molecule has 3 unspecified atom stereocenters. The Balaban J connectivity index is 2.08. The summed E-state index contributed by atoms with van der Waals surface area (Å²) in [5.41, 5.74) is 0. The van der Waals surface area contributed by atoms with Gasteiger partial charge in [-0.05, 0) is 33.1 Å². The highest BCUT2D eigenvalue weighted by Gasteiger charge is 2.40. The zero-order chi connectivity index (χ0) is 14.7. The molecule has 0 spiro atoms. The minimum atomic E-state index is -0.968. The molecule has 2 aliphatic heterocycles. The number of amides is 1. The van der Waals surface area contributed by atoms with E-state index in [2.05, 4.69) is 0 Å². The second-order valence-electron chi connectivity index (χ2n) is 5.70. The molecule has 3 atom stereocenters. The summed E-state index contributed by atoms with van der Waals surface area (Å²) >= 11 is 0. The van der Waals surface area contributed by atoms with Gasteiger partial charge in [-0.25, -0.2) is 0 Å². The lowest BCUT2D eigenvalue weighted by atomic mass is 9.96. The molecule has 2 heterocycles. The predicted molar refractivity (Wildman–Crippen MR) is 71.3 cm³/mol. The number of carbonyl (C=O) groups is 2. The molecule has 6 heteroatoms. The smallest absolute Gasteiger partial charge is 0.323 e. The number of ether oxygens (including phenoxy) is 2. The van der Waals surface area contributed by atoms with Crippen molar-refractivity contribution in [2.24, 2.45) is 5.92 Å². The number of nitrogens with zero attached hydrogens (tertiary/aromatic N) is 1. The predicted octanol–water partition coefficient (Wildman–Crippen LogP) is 0.892. The molecule has 0 radical (unpaired) electrons. The quantitative estimate of drug-likeness (QED) is 0.830. The Hall–Kier alpha value is -1.14. The van der Waals surface area contributed by atoms with Crippen LogP contribution in [0.4, 0.5) is 0 Å². The maximum Gasteiger partial charge on any atom is 0.323 e. The van der Waals surface area contributed by atoms with Crippen LogP contribution in [0.2, 0.25) is 0 Å². The molecule has 20 heavy (non-hydrogen) atoms. The zero-order valence-electron chi connectivity index (χ0n) is 12.1. The second-order valence-corrected chi connectivity index (χ2v) is 5.70. The van der Waals surface area contributed by atoms with E-state index in [9.17, 15) is 9.59 Å². The van der Waals surface area contributed by atoms with E-state index in [1.807, 2.05) is 13.8 Å². The summed E-state index contributed by atoms with van der Waals surface area (Å²) in [5, 5.41) is 9.07. The van der Waals surface area contributed by atoms with E-state index in [1.54, 1.807) is 0 Å². The first-order chi connectivity index (χ1) is 9.49. The van der Waals surface area contributed by atoms with E-state index in [4.69, 9.17) is 14.6 Å². The Labute approximate surface area is 119 Å². The first kappa shape index (κ1) is 15.3. The Morgan fingerprint density at radius 2 is 1.90 bits per heavy atom. The number of hydrogen-bond acceptors (Lipinski definition) is 4. The summed E-state index contributed by atoms with van der Waals surface area (Å²) in [4.78, 5) is 25.3. The molecule has 114 valence electrons. The molecule has 0 bridgehead atoms. The fourth-order valence-corrected chi connectivity index (χ4v) is 3.11. The summed E-state index contributed by atoms with van der Waals surface area (Å²) in [6.07, 6.45) is 1.99. The summed E-state index contributed by atoms with van der Waals surface area (Å²) < 4.78 is 10.9. The molecular weight excluding hydrogens is 262 g/mol. The summed E-state index contributed by atoms with van der Waals surface area (Å²) in [6.45, 7) is 4.76. The van der Waals surface area contributed by atoms with Crippen LogP contribution in [0.25, 0.3) is 0 Å². The van der Waals surface area contributed by atoms with Crippen LogP contribution >= 0.6 is 0 Å². The largest absolute Gasteiger partial charge is 0.480 e. The molecule has 2 saturated heterocycles. The Bertz CT molecular complexity index is 367. The molecule has 0 aliphatic carbocycles. The Morgan fingerprint density at radius 1 is 1.25 bits per heavy atom. The molecule has 2 rings (SSSR count). The van der Waals surface area contributed by atoms with Crippen molar-refractivity contribution in [3.05, 3.63) is 0 Å². The molecule has 1 N–H and O–H groups in total. The van der Waals surface area contributed by atoms with Gasteiger partial charge in [0.2, 0.25) is 5.91 Å². The molecule has 2 aliphatic rings. The van der Waals surface area contributed by atoms with Crippen molar-refractivity contribution in [2.45, 2.75) is 51.4 Å². The van der Waals surface area contributed by atoms with Gasteiger partial charge in [0.1, 0.15) is 6.54 Å². The third-order valence-electron chi connectivity index (χ3n) is 4.14. The second kappa shape index (κ2) is 6.54. The van der Waals surface area contributed by atoms with Crippen molar-refractivity contribution >= 4 is 11.9 Å². The molecule has 6 nitrogen and oxygen atoms in total. The van der Waals surface area contributed by atoms with Gasteiger partial charge in [-0.3, -0.25) is 9.59 Å². The van der Waals surface area contributed by atoms with E-state index < -0.39 is 5.97 Å². The van der Waals surface area contributed by atoms with Crippen LogP contribution in [0.15, 0.2) is 0 Å². The summed E-state index contributed by atoms with van der Waals surface area (Å²) in [6, 6.07) is -0.0320. The van der Waals surface area contributed by atoms with Gasteiger partial charge in [0.25, 0.3) is 0 Å². The van der Waals surface area contributed by atoms with Crippen molar-refractivity contribution < 1.29 is 24.2 Å². The summed E-state index contributed by atoms with van der Waals surface area (Å²) in [5.74, 6) is -1.28. The van der Waals surface area contributed by atoms with E-state index in [0.717, 1.165) is 0 Å². The number of rotatable bonds is 4. The van der Waals surface area contributed by atoms with Gasteiger partial charge in [-0.15, -0.1) is 0 Å². The maximum atomic E-state index is 12.7. The Kier molecular flexibility index (Phi) is 4.99. The number of carboxylic acid groups (broad SMARTS) is 1. The van der Waals surface area contributed by atoms with Gasteiger partial charge in [-0.1, -0.05) is 0 Å². The van der Waals surface area contributed by atoms with Crippen LogP contribution in [0.1, 0.15) is 33.1 Å². The van der Waals surface area contributed by atoms with Crippen LogP contribution in [-0.4, -0.2) is 59.9 Å². The number of aliphatic carboxylic acids is 1. The van der Waals surface area contributed by atoms with Crippen LogP contribution in [0.5, 0.6) is 0 Å². The van der Waals surface area contributed by atoms with E-state index in [-0.39, 0.29) is 36.6 Å². The average Bonchev–Trinajstić information content (AvgIpc) is 2.75. The molecule has 0 aromatic carbocycles. The minimum absolute atomic E-state index is 0.0320. The zero-order valence-corrected chi connectivity index (χ0v) is 12.1. The van der Waals surface area contributed by atoms with E-state index >= 15 is 0 Å². The highest BCUT2D eigenvalue weighted by atomic mass is 16.5. The standard InChI is InChI=1S/C14H23NO5/c1-9-7-12(10(2)20-9)14(18)15(8-13(16)17)11-3-5-19-6-4-11/h9-12H,3-8H2,1-2H3,(H,16,17). The van der Waals surface area contributed by atoms with Crippen LogP contribution < -0.4 is 0 Å². The monoisotopic (exact) mass is 285 g/mol. The maximum absolute atomic E-state index is 12.7. The molecule has 1 amide bonds. The lowest BCUT2D eigenvalue weighted by Crippen LogP contribution is -2.49.